The van der Waals surface area contributed by atoms with Crippen LogP contribution in [0.2, 0.25) is 0 Å². The molecule has 30 heavy (non-hydrogen) atoms. The number of halogens is 1. The molecule has 0 saturated carbocycles. The van der Waals surface area contributed by atoms with E-state index in [2.05, 4.69) is 10.2 Å². The zero-order valence-electron chi connectivity index (χ0n) is 17.2. The predicted octanol–water partition coefficient (Wildman–Crippen LogP) is 3.95. The molecule has 0 aliphatic rings. The normalized spacial score (nSPS) is 11.7. The van der Waals surface area contributed by atoms with Gasteiger partial charge in [0.05, 0.1) is 34.1 Å². The summed E-state index contributed by atoms with van der Waals surface area (Å²) < 4.78 is 21.5. The first-order valence-electron chi connectivity index (χ1n) is 8.71. The van der Waals surface area contributed by atoms with Crippen molar-refractivity contribution in [2.24, 2.45) is 10.2 Å². The molecule has 1 unspecified atom stereocenters. The third-order valence-corrected chi connectivity index (χ3v) is 4.41. The standard InChI is InChI=1S/C20H22ClN3O6/c1-12(25)19(23-22-13-6-8-17(29-4)18(10-13)30-5)20(26)24(21)15-11-14(27-2)7-9-16(15)28-3/h6-11,19H,1-5H3. The molecule has 0 bridgehead atoms. The Morgan fingerprint density at radius 3 is 2.10 bits per heavy atom. The summed E-state index contributed by atoms with van der Waals surface area (Å²) in [6.07, 6.45) is 0. The van der Waals surface area contributed by atoms with Crippen molar-refractivity contribution < 1.29 is 28.5 Å². The number of carbonyl (C=O) groups excluding carboxylic acids is 2. The Bertz CT molecular complexity index is 950. The maximum absolute atomic E-state index is 12.9. The van der Waals surface area contributed by atoms with Gasteiger partial charge in [-0.1, -0.05) is 0 Å². The molecule has 1 amide bonds. The predicted molar refractivity (Wildman–Crippen MR) is 111 cm³/mol. The molecule has 0 aliphatic carbocycles. The Labute approximate surface area is 179 Å². The molecular formula is C20H22ClN3O6. The van der Waals surface area contributed by atoms with Gasteiger partial charge >= 0.3 is 0 Å². The molecule has 160 valence electrons. The van der Waals surface area contributed by atoms with Crippen LogP contribution in [0.1, 0.15) is 6.92 Å². The number of anilines is 1. The summed E-state index contributed by atoms with van der Waals surface area (Å²) in [5.74, 6) is 0.387. The zero-order valence-corrected chi connectivity index (χ0v) is 18.0. The third kappa shape index (κ3) is 5.18. The fourth-order valence-electron chi connectivity index (χ4n) is 2.49. The second-order valence-corrected chi connectivity index (χ2v) is 6.26. The number of ketones is 1. The van der Waals surface area contributed by atoms with Crippen LogP contribution in [-0.4, -0.2) is 46.2 Å². The number of azo groups is 1. The number of Topliss-reactive ketones (excluding diaryl/α,β-unsaturated/α-hetero) is 1. The Morgan fingerprint density at radius 1 is 0.900 bits per heavy atom. The van der Waals surface area contributed by atoms with E-state index < -0.39 is 17.7 Å². The molecule has 0 saturated heterocycles. The highest BCUT2D eigenvalue weighted by atomic mass is 35.5. The second-order valence-electron chi connectivity index (χ2n) is 5.92. The topological polar surface area (TPSA) is 99.0 Å². The number of hydrogen-bond donors (Lipinski definition) is 0. The maximum Gasteiger partial charge on any atom is 0.276 e. The highest BCUT2D eigenvalue weighted by Gasteiger charge is 2.30. The number of methoxy groups -OCH3 is 4. The zero-order chi connectivity index (χ0) is 22.3. The molecular weight excluding hydrogens is 414 g/mol. The minimum absolute atomic E-state index is 0.205. The van der Waals surface area contributed by atoms with Gasteiger partial charge in [-0.25, -0.2) is 4.42 Å². The van der Waals surface area contributed by atoms with Crippen LogP contribution in [0.15, 0.2) is 46.6 Å². The summed E-state index contributed by atoms with van der Waals surface area (Å²) in [6, 6.07) is 8.09. The minimum atomic E-state index is -1.45. The first-order chi connectivity index (χ1) is 14.4. The Hall–Kier alpha value is -3.33. The van der Waals surface area contributed by atoms with E-state index in [9.17, 15) is 9.59 Å². The van der Waals surface area contributed by atoms with Crippen LogP contribution in [0.3, 0.4) is 0 Å². The Balaban J connectivity index is 2.33. The van der Waals surface area contributed by atoms with Crippen LogP contribution in [0.5, 0.6) is 23.0 Å². The number of hydrogen-bond acceptors (Lipinski definition) is 8. The largest absolute Gasteiger partial charge is 0.497 e. The molecule has 9 nitrogen and oxygen atoms in total. The molecule has 0 radical (unpaired) electrons. The molecule has 0 heterocycles. The van der Waals surface area contributed by atoms with E-state index >= 15 is 0 Å². The van der Waals surface area contributed by atoms with Crippen molar-refractivity contribution in [2.45, 2.75) is 13.0 Å². The number of amides is 1. The average Bonchev–Trinajstić information content (AvgIpc) is 2.77. The molecule has 0 fully saturated rings. The molecule has 1 atom stereocenters. The fraction of sp³-hybridized carbons (Fsp3) is 0.300. The van der Waals surface area contributed by atoms with Crippen molar-refractivity contribution in [3.63, 3.8) is 0 Å². The van der Waals surface area contributed by atoms with Crippen LogP contribution in [0.25, 0.3) is 0 Å². The second kappa shape index (κ2) is 10.4. The van der Waals surface area contributed by atoms with E-state index in [0.717, 1.165) is 4.42 Å². The van der Waals surface area contributed by atoms with Gasteiger partial charge in [-0.3, -0.25) is 9.59 Å². The quantitative estimate of drug-likeness (QED) is 0.336. The lowest BCUT2D eigenvalue weighted by molar-refractivity contribution is -0.126. The van der Waals surface area contributed by atoms with E-state index in [0.29, 0.717) is 28.7 Å². The van der Waals surface area contributed by atoms with E-state index in [1.54, 1.807) is 30.3 Å². The van der Waals surface area contributed by atoms with E-state index in [-0.39, 0.29) is 5.69 Å². The van der Waals surface area contributed by atoms with Crippen molar-refractivity contribution in [1.29, 1.82) is 0 Å². The van der Waals surface area contributed by atoms with E-state index in [4.69, 9.17) is 30.7 Å². The maximum atomic E-state index is 12.9. The van der Waals surface area contributed by atoms with Crippen molar-refractivity contribution >= 4 is 34.8 Å². The average molecular weight is 436 g/mol. The lowest BCUT2D eigenvalue weighted by atomic mass is 10.2. The van der Waals surface area contributed by atoms with Crippen LogP contribution in [-0.2, 0) is 9.59 Å². The van der Waals surface area contributed by atoms with Crippen molar-refractivity contribution in [3.05, 3.63) is 36.4 Å². The number of rotatable bonds is 9. The summed E-state index contributed by atoms with van der Waals surface area (Å²) in [4.78, 5) is 25.0. The first-order valence-corrected chi connectivity index (χ1v) is 9.05. The molecule has 0 aliphatic heterocycles. The van der Waals surface area contributed by atoms with Gasteiger partial charge in [0, 0.05) is 23.9 Å². The van der Waals surface area contributed by atoms with Gasteiger partial charge in [-0.2, -0.15) is 10.2 Å². The molecule has 2 aromatic carbocycles. The van der Waals surface area contributed by atoms with E-state index in [1.165, 1.54) is 41.4 Å². The summed E-state index contributed by atoms with van der Waals surface area (Å²) in [5.41, 5.74) is 0.572. The highest BCUT2D eigenvalue weighted by Crippen LogP contribution is 2.35. The number of benzene rings is 2. The molecule has 0 aromatic heterocycles. The van der Waals surface area contributed by atoms with Crippen molar-refractivity contribution in [1.82, 2.24) is 0 Å². The fourth-order valence-corrected chi connectivity index (χ4v) is 2.72. The number of ether oxygens (including phenoxy) is 4. The minimum Gasteiger partial charge on any atom is -0.497 e. The van der Waals surface area contributed by atoms with Gasteiger partial charge in [0.2, 0.25) is 6.04 Å². The summed E-state index contributed by atoms with van der Waals surface area (Å²) >= 11 is 6.24. The van der Waals surface area contributed by atoms with Gasteiger partial charge in [-0.05, 0) is 31.2 Å². The van der Waals surface area contributed by atoms with Crippen LogP contribution >= 0.6 is 11.8 Å². The highest BCUT2D eigenvalue weighted by molar-refractivity contribution is 6.39. The van der Waals surface area contributed by atoms with E-state index in [1.807, 2.05) is 0 Å². The summed E-state index contributed by atoms with van der Waals surface area (Å²) in [6.45, 7) is 1.23. The molecule has 0 N–H and O–H groups in total. The summed E-state index contributed by atoms with van der Waals surface area (Å²) in [7, 11) is 5.89. The summed E-state index contributed by atoms with van der Waals surface area (Å²) in [5, 5.41) is 7.89. The number of nitrogens with zero attached hydrogens (tertiary/aromatic N) is 3. The Kier molecular flexibility index (Phi) is 7.99. The van der Waals surface area contributed by atoms with Crippen LogP contribution in [0.4, 0.5) is 11.4 Å². The Morgan fingerprint density at radius 2 is 1.53 bits per heavy atom. The van der Waals surface area contributed by atoms with Gasteiger partial charge in [0.1, 0.15) is 17.2 Å². The lowest BCUT2D eigenvalue weighted by Gasteiger charge is -2.19. The van der Waals surface area contributed by atoms with Crippen LogP contribution in [0, 0.1) is 0 Å². The van der Waals surface area contributed by atoms with Crippen molar-refractivity contribution in [2.75, 3.05) is 32.9 Å². The van der Waals surface area contributed by atoms with Gasteiger partial charge in [0.15, 0.2) is 17.3 Å². The van der Waals surface area contributed by atoms with Gasteiger partial charge < -0.3 is 18.9 Å². The smallest absolute Gasteiger partial charge is 0.276 e. The first kappa shape index (κ1) is 23.0. The third-order valence-electron chi connectivity index (χ3n) is 4.07. The van der Waals surface area contributed by atoms with Crippen molar-refractivity contribution in [3.8, 4) is 23.0 Å². The molecule has 10 heteroatoms. The number of carbonyl (C=O) groups is 2. The van der Waals surface area contributed by atoms with Crippen LogP contribution < -0.4 is 23.4 Å². The molecule has 2 aromatic rings. The van der Waals surface area contributed by atoms with Gasteiger partial charge in [0.25, 0.3) is 5.91 Å². The SMILES string of the molecule is COc1ccc(OC)c(N(Cl)C(=O)C(N=Nc2ccc(OC)c(OC)c2)C(C)=O)c1. The monoisotopic (exact) mass is 435 g/mol. The molecule has 0 spiro atoms. The van der Waals surface area contributed by atoms with Gasteiger partial charge in [-0.15, -0.1) is 0 Å². The molecule has 2 rings (SSSR count). The lowest BCUT2D eigenvalue weighted by Crippen LogP contribution is -2.36.